The number of hydrazine groups is 1. The molecule has 0 atom stereocenters. The maximum Gasteiger partial charge on any atom is 0.286 e. The lowest BCUT2D eigenvalue weighted by Crippen LogP contribution is -2.45. The molecule has 152 valence electrons. The van der Waals surface area contributed by atoms with Crippen molar-refractivity contribution in [3.05, 3.63) is 70.1 Å². The minimum Gasteiger partial charge on any atom is -0.308 e. The fourth-order valence-electron chi connectivity index (χ4n) is 3.43. The first-order valence-corrected chi connectivity index (χ1v) is 10.7. The number of nitrogens with one attached hydrogen (secondary N) is 1. The third-order valence-corrected chi connectivity index (χ3v) is 6.27. The summed E-state index contributed by atoms with van der Waals surface area (Å²) in [5, 5.41) is 1.04. The van der Waals surface area contributed by atoms with Crippen LogP contribution in [0.25, 0.3) is 5.57 Å². The van der Waals surface area contributed by atoms with Crippen LogP contribution in [0.1, 0.15) is 34.8 Å². The zero-order valence-corrected chi connectivity index (χ0v) is 18.1. The number of nitrogens with zero attached hydrogens (tertiary/aromatic N) is 2. The van der Waals surface area contributed by atoms with E-state index < -0.39 is 11.8 Å². The monoisotopic (exact) mass is 437 g/mol. The van der Waals surface area contributed by atoms with Crippen molar-refractivity contribution in [1.29, 1.82) is 0 Å². The van der Waals surface area contributed by atoms with E-state index >= 15 is 0 Å². The first-order chi connectivity index (χ1) is 14.4. The Morgan fingerprint density at radius 1 is 1.07 bits per heavy atom. The molecule has 0 spiro atoms. The van der Waals surface area contributed by atoms with Crippen molar-refractivity contribution < 1.29 is 14.4 Å². The van der Waals surface area contributed by atoms with Crippen LogP contribution in [0.15, 0.2) is 53.4 Å². The van der Waals surface area contributed by atoms with Crippen LogP contribution in [0.2, 0.25) is 0 Å². The van der Waals surface area contributed by atoms with Crippen molar-refractivity contribution in [1.82, 2.24) is 10.4 Å². The Hall–Kier alpha value is -2.97. The largest absolute Gasteiger partial charge is 0.308 e. The van der Waals surface area contributed by atoms with Crippen molar-refractivity contribution in [2.24, 2.45) is 0 Å². The van der Waals surface area contributed by atoms with Crippen LogP contribution in [-0.4, -0.2) is 33.6 Å². The van der Waals surface area contributed by atoms with Crippen LogP contribution >= 0.6 is 24.0 Å². The van der Waals surface area contributed by atoms with Gasteiger partial charge in [-0.05, 0) is 43.8 Å². The maximum atomic E-state index is 13.1. The van der Waals surface area contributed by atoms with Gasteiger partial charge in [0.1, 0.15) is 0 Å². The summed E-state index contributed by atoms with van der Waals surface area (Å²) in [6.07, 6.45) is 0.793. The molecule has 2 aliphatic rings. The van der Waals surface area contributed by atoms with E-state index in [0.29, 0.717) is 23.2 Å². The van der Waals surface area contributed by atoms with E-state index in [4.69, 9.17) is 12.2 Å². The highest BCUT2D eigenvalue weighted by molar-refractivity contribution is 8.26. The van der Waals surface area contributed by atoms with Crippen molar-refractivity contribution in [2.45, 2.75) is 20.3 Å². The van der Waals surface area contributed by atoms with Gasteiger partial charge in [-0.2, -0.15) is 5.01 Å². The zero-order valence-electron chi connectivity index (χ0n) is 16.5. The Balaban J connectivity index is 1.67. The third-order valence-electron chi connectivity index (χ3n) is 4.89. The average Bonchev–Trinajstić information content (AvgIpc) is 3.16. The molecule has 4 rings (SSSR count). The Morgan fingerprint density at radius 3 is 2.47 bits per heavy atom. The number of hydrogen-bond acceptors (Lipinski definition) is 5. The number of amides is 3. The molecule has 1 fully saturated rings. The highest BCUT2D eigenvalue weighted by atomic mass is 32.2. The Morgan fingerprint density at radius 2 is 1.77 bits per heavy atom. The van der Waals surface area contributed by atoms with E-state index in [1.165, 1.54) is 0 Å². The standard InChI is InChI=1S/C22H19N3O3S2/c1-3-12-24-16-7-5-4-6-15(16)17(20(24)27)18-21(28)25(22(29)30-18)23-19(26)14-10-8-13(2)9-11-14/h4-11H,3,12H2,1-2H3,(H,23,26). The number of rotatable bonds is 4. The lowest BCUT2D eigenvalue weighted by molar-refractivity contribution is -0.124. The SMILES string of the molecule is CCCN1C(=O)C(=C2SC(=S)N(NC(=O)c3ccc(C)cc3)C2=O)c2ccccc21. The van der Waals surface area contributed by atoms with Crippen LogP contribution in [0.3, 0.4) is 0 Å². The van der Waals surface area contributed by atoms with Gasteiger partial charge in [0.2, 0.25) is 0 Å². The van der Waals surface area contributed by atoms with Gasteiger partial charge >= 0.3 is 0 Å². The fourth-order valence-corrected chi connectivity index (χ4v) is 4.68. The van der Waals surface area contributed by atoms with E-state index in [1.807, 2.05) is 50.2 Å². The number of thiocarbonyl (C=S) groups is 1. The topological polar surface area (TPSA) is 69.7 Å². The van der Waals surface area contributed by atoms with Crippen LogP contribution in [0.5, 0.6) is 0 Å². The number of carbonyl (C=O) groups excluding carboxylic acids is 3. The molecule has 0 unspecified atom stereocenters. The molecular weight excluding hydrogens is 418 g/mol. The number of para-hydroxylation sites is 1. The molecule has 0 radical (unpaired) electrons. The van der Waals surface area contributed by atoms with Crippen molar-refractivity contribution in [3.8, 4) is 0 Å². The lowest BCUT2D eigenvalue weighted by Gasteiger charge is -2.16. The summed E-state index contributed by atoms with van der Waals surface area (Å²) in [6.45, 7) is 4.48. The number of hydrogen-bond donors (Lipinski definition) is 1. The molecule has 8 heteroatoms. The summed E-state index contributed by atoms with van der Waals surface area (Å²) in [5.74, 6) is -1.16. The van der Waals surface area contributed by atoms with Gasteiger partial charge in [-0.25, -0.2) is 0 Å². The summed E-state index contributed by atoms with van der Waals surface area (Å²) >= 11 is 6.36. The van der Waals surface area contributed by atoms with E-state index in [2.05, 4.69) is 5.43 Å². The smallest absolute Gasteiger partial charge is 0.286 e. The minimum absolute atomic E-state index is 0.183. The number of aryl methyl sites for hydroxylation is 1. The molecular formula is C22H19N3O3S2. The van der Waals surface area contributed by atoms with Gasteiger partial charge in [0.05, 0.1) is 16.2 Å². The normalized spacial score (nSPS) is 18.3. The van der Waals surface area contributed by atoms with Gasteiger partial charge in [-0.3, -0.25) is 19.8 Å². The molecule has 1 saturated heterocycles. The van der Waals surface area contributed by atoms with Gasteiger partial charge in [0.15, 0.2) is 4.32 Å². The molecule has 3 amide bonds. The predicted octanol–water partition coefficient (Wildman–Crippen LogP) is 3.67. The number of thioether (sulfide) groups is 1. The van der Waals surface area contributed by atoms with Crippen LogP contribution in [-0.2, 0) is 9.59 Å². The van der Waals surface area contributed by atoms with E-state index in [0.717, 1.165) is 34.4 Å². The van der Waals surface area contributed by atoms with E-state index in [-0.39, 0.29) is 15.1 Å². The van der Waals surface area contributed by atoms with Crippen LogP contribution in [0.4, 0.5) is 5.69 Å². The van der Waals surface area contributed by atoms with Gasteiger partial charge < -0.3 is 4.90 Å². The number of benzene rings is 2. The molecule has 0 saturated carbocycles. The molecule has 2 aromatic rings. The molecule has 0 aliphatic carbocycles. The lowest BCUT2D eigenvalue weighted by atomic mass is 10.1. The van der Waals surface area contributed by atoms with Gasteiger partial charge in [-0.1, -0.05) is 54.6 Å². The Kier molecular flexibility index (Phi) is 5.44. The quantitative estimate of drug-likeness (QED) is 0.584. The predicted molar refractivity (Wildman–Crippen MR) is 122 cm³/mol. The molecule has 0 aromatic heterocycles. The second-order valence-corrected chi connectivity index (χ2v) is 8.64. The molecule has 1 N–H and O–H groups in total. The summed E-state index contributed by atoms with van der Waals surface area (Å²) < 4.78 is 0.183. The number of fused-ring (bicyclic) bond motifs is 1. The number of anilines is 1. The molecule has 2 heterocycles. The molecule has 6 nitrogen and oxygen atoms in total. The average molecular weight is 438 g/mol. The van der Waals surface area contributed by atoms with Crippen molar-refractivity contribution >= 4 is 57.3 Å². The van der Waals surface area contributed by atoms with E-state index in [1.54, 1.807) is 17.0 Å². The summed E-state index contributed by atoms with van der Waals surface area (Å²) in [7, 11) is 0. The fraction of sp³-hybridized carbons (Fsp3) is 0.182. The highest BCUT2D eigenvalue weighted by Gasteiger charge is 2.42. The maximum absolute atomic E-state index is 13.1. The van der Waals surface area contributed by atoms with Gasteiger partial charge in [0.25, 0.3) is 17.7 Å². The molecule has 30 heavy (non-hydrogen) atoms. The molecule has 0 bridgehead atoms. The van der Waals surface area contributed by atoms with Crippen LogP contribution < -0.4 is 10.3 Å². The Bertz CT molecular complexity index is 1110. The van der Waals surface area contributed by atoms with Crippen molar-refractivity contribution in [3.63, 3.8) is 0 Å². The van der Waals surface area contributed by atoms with Gasteiger partial charge in [-0.15, -0.1) is 0 Å². The first kappa shape index (κ1) is 20.3. The third kappa shape index (κ3) is 3.42. The second kappa shape index (κ2) is 8.04. The molecule has 2 aromatic carbocycles. The van der Waals surface area contributed by atoms with Crippen molar-refractivity contribution in [2.75, 3.05) is 11.4 Å². The molecule has 2 aliphatic heterocycles. The zero-order chi connectivity index (χ0) is 21.4. The first-order valence-electron chi connectivity index (χ1n) is 9.51. The van der Waals surface area contributed by atoms with Crippen LogP contribution in [0, 0.1) is 6.92 Å². The highest BCUT2D eigenvalue weighted by Crippen LogP contribution is 2.44. The number of carbonyl (C=O) groups is 3. The van der Waals surface area contributed by atoms with Gasteiger partial charge in [0, 0.05) is 17.7 Å². The summed E-state index contributed by atoms with van der Waals surface area (Å²) in [6, 6.07) is 14.4. The second-order valence-electron chi connectivity index (χ2n) is 6.99. The summed E-state index contributed by atoms with van der Waals surface area (Å²) in [5.41, 5.74) is 5.84. The summed E-state index contributed by atoms with van der Waals surface area (Å²) in [4.78, 5) is 40.7. The minimum atomic E-state index is -0.498. The Labute approximate surface area is 183 Å². The van der Waals surface area contributed by atoms with E-state index in [9.17, 15) is 14.4 Å².